The lowest BCUT2D eigenvalue weighted by molar-refractivity contribution is -0.117. The molecule has 0 saturated heterocycles. The first-order valence-corrected chi connectivity index (χ1v) is 11.0. The van der Waals surface area contributed by atoms with Crippen molar-refractivity contribution in [3.8, 4) is 6.07 Å². The average Bonchev–Trinajstić information content (AvgIpc) is 3.08. The normalized spacial score (nSPS) is 12.3. The van der Waals surface area contributed by atoms with Gasteiger partial charge in [0.15, 0.2) is 5.57 Å². The summed E-state index contributed by atoms with van der Waals surface area (Å²) in [5.74, 6) is 0.114. The molecule has 2 heterocycles. The van der Waals surface area contributed by atoms with Gasteiger partial charge in [-0.15, -0.1) is 11.3 Å². The molecule has 0 atom stereocenters. The molecule has 0 aliphatic carbocycles. The first kappa shape index (κ1) is 24.8. The zero-order chi connectivity index (χ0) is 23.7. The quantitative estimate of drug-likeness (QED) is 0.478. The van der Waals surface area contributed by atoms with Crippen molar-refractivity contribution in [2.75, 3.05) is 37.3 Å². The zero-order valence-corrected chi connectivity index (χ0v) is 19.4. The standard InChI is InChI=1S/C21H27N7O3S/c1-5-23-19(30)14(11-22)21-28(7-3)20(31)15(32-21)12-24-16-9-8-10-17(25-16)26-18(29)13-27(4)6-2/h8-10,12H,5-7,13H2,1-4H3,(H,23,30)(H2,24,25,26,29)/b15-12+,21-14-. The third-order valence-corrected chi connectivity index (χ3v) is 5.57. The van der Waals surface area contributed by atoms with Gasteiger partial charge in [0.2, 0.25) is 5.91 Å². The van der Waals surface area contributed by atoms with Crippen molar-refractivity contribution < 1.29 is 9.59 Å². The highest BCUT2D eigenvalue weighted by molar-refractivity contribution is 7.07. The number of anilines is 2. The highest BCUT2D eigenvalue weighted by Gasteiger charge is 2.14. The predicted octanol–water partition coefficient (Wildman–Crippen LogP) is -0.125. The maximum atomic E-state index is 12.8. The van der Waals surface area contributed by atoms with Gasteiger partial charge in [-0.2, -0.15) is 5.26 Å². The zero-order valence-electron chi connectivity index (χ0n) is 18.6. The minimum absolute atomic E-state index is 0.102. The number of nitrogens with zero attached hydrogens (tertiary/aromatic N) is 4. The van der Waals surface area contributed by atoms with E-state index in [1.54, 1.807) is 32.0 Å². The first-order chi connectivity index (χ1) is 15.3. The number of carbonyl (C=O) groups excluding carboxylic acids is 2. The molecule has 0 spiro atoms. The number of carbonyl (C=O) groups is 2. The lowest BCUT2D eigenvalue weighted by atomic mass is 10.3. The summed E-state index contributed by atoms with van der Waals surface area (Å²) in [6, 6.07) is 6.99. The molecule has 2 aromatic heterocycles. The monoisotopic (exact) mass is 457 g/mol. The lowest BCUT2D eigenvalue weighted by Crippen LogP contribution is -2.34. The Bertz CT molecular complexity index is 1190. The molecule has 0 aromatic carbocycles. The van der Waals surface area contributed by atoms with Gasteiger partial charge >= 0.3 is 0 Å². The second kappa shape index (κ2) is 11.8. The Kier molecular flexibility index (Phi) is 9.12. The van der Waals surface area contributed by atoms with Crippen molar-refractivity contribution in [1.29, 1.82) is 5.26 Å². The SMILES string of the molecule is CCNC(=O)/C(C#N)=c1\s/c(=C/Nc2cccc(NC(=O)CN(C)CC)n2)c(=O)n1CC. The van der Waals surface area contributed by atoms with Crippen LogP contribution >= 0.6 is 11.3 Å². The maximum Gasteiger partial charge on any atom is 0.270 e. The largest absolute Gasteiger partial charge is 0.352 e. The summed E-state index contributed by atoms with van der Waals surface area (Å²) in [5, 5.41) is 17.7. The molecule has 0 saturated carbocycles. The molecule has 2 aromatic rings. The fraction of sp³-hybridized carbons (Fsp3) is 0.381. The minimum Gasteiger partial charge on any atom is -0.352 e. The summed E-state index contributed by atoms with van der Waals surface area (Å²) in [5.41, 5.74) is -0.417. The molecule has 0 aliphatic rings. The van der Waals surface area contributed by atoms with Gasteiger partial charge in [-0.05, 0) is 39.6 Å². The van der Waals surface area contributed by atoms with Crippen LogP contribution in [-0.4, -0.2) is 52.9 Å². The Morgan fingerprint density at radius 3 is 2.62 bits per heavy atom. The van der Waals surface area contributed by atoms with Gasteiger partial charge in [-0.25, -0.2) is 4.98 Å². The van der Waals surface area contributed by atoms with Crippen LogP contribution in [0.15, 0.2) is 23.0 Å². The molecule has 11 heteroatoms. The highest BCUT2D eigenvalue weighted by Crippen LogP contribution is 2.09. The Hall–Kier alpha value is -3.49. The maximum absolute atomic E-state index is 12.8. The molecule has 170 valence electrons. The van der Waals surface area contributed by atoms with Crippen LogP contribution in [0.5, 0.6) is 0 Å². The summed E-state index contributed by atoms with van der Waals surface area (Å²) in [7, 11) is 1.85. The number of amides is 2. The number of nitriles is 1. The molecular weight excluding hydrogens is 430 g/mol. The molecule has 0 radical (unpaired) electrons. The second-order valence-electron chi connectivity index (χ2n) is 6.74. The summed E-state index contributed by atoms with van der Waals surface area (Å²) in [4.78, 5) is 43.2. The van der Waals surface area contributed by atoms with E-state index in [0.717, 1.165) is 17.9 Å². The van der Waals surface area contributed by atoms with Crippen molar-refractivity contribution in [3.63, 3.8) is 0 Å². The molecule has 0 aliphatic heterocycles. The lowest BCUT2D eigenvalue weighted by Gasteiger charge is -2.13. The van der Waals surface area contributed by atoms with Crippen molar-refractivity contribution in [1.82, 2.24) is 19.8 Å². The van der Waals surface area contributed by atoms with E-state index in [-0.39, 0.29) is 23.6 Å². The van der Waals surface area contributed by atoms with E-state index in [4.69, 9.17) is 0 Å². The van der Waals surface area contributed by atoms with E-state index in [1.807, 2.05) is 24.9 Å². The molecule has 3 N–H and O–H groups in total. The Morgan fingerprint density at radius 2 is 2.00 bits per heavy atom. The van der Waals surface area contributed by atoms with Gasteiger partial charge in [-0.1, -0.05) is 13.0 Å². The number of hydrogen-bond donors (Lipinski definition) is 3. The molecule has 32 heavy (non-hydrogen) atoms. The van der Waals surface area contributed by atoms with Gasteiger partial charge < -0.3 is 16.0 Å². The number of thiazole rings is 1. The van der Waals surface area contributed by atoms with Crippen molar-refractivity contribution >= 4 is 46.6 Å². The molecule has 2 rings (SSSR count). The van der Waals surface area contributed by atoms with E-state index in [9.17, 15) is 19.6 Å². The van der Waals surface area contributed by atoms with E-state index in [1.165, 1.54) is 10.8 Å². The van der Waals surface area contributed by atoms with Crippen LogP contribution in [0.25, 0.3) is 11.8 Å². The van der Waals surface area contributed by atoms with E-state index < -0.39 is 5.91 Å². The molecule has 0 fully saturated rings. The predicted molar refractivity (Wildman–Crippen MR) is 125 cm³/mol. The van der Waals surface area contributed by atoms with Crippen LogP contribution in [0, 0.1) is 11.3 Å². The molecule has 0 unspecified atom stereocenters. The molecule has 2 amide bonds. The van der Waals surface area contributed by atoms with Crippen molar-refractivity contribution in [2.45, 2.75) is 27.3 Å². The number of pyridine rings is 1. The van der Waals surface area contributed by atoms with Gasteiger partial charge in [0, 0.05) is 19.3 Å². The van der Waals surface area contributed by atoms with Crippen molar-refractivity contribution in [3.05, 3.63) is 37.7 Å². The van der Waals surface area contributed by atoms with Gasteiger partial charge in [0.1, 0.15) is 26.9 Å². The third kappa shape index (κ3) is 6.26. The highest BCUT2D eigenvalue weighted by atomic mass is 32.1. The van der Waals surface area contributed by atoms with Gasteiger partial charge in [0.05, 0.1) is 6.54 Å². The van der Waals surface area contributed by atoms with Crippen LogP contribution in [0.4, 0.5) is 11.6 Å². The van der Waals surface area contributed by atoms with Gasteiger partial charge in [-0.3, -0.25) is 23.9 Å². The average molecular weight is 458 g/mol. The summed E-state index contributed by atoms with van der Waals surface area (Å²) in [6.45, 7) is 7.17. The van der Waals surface area contributed by atoms with Crippen LogP contribution in [0.1, 0.15) is 20.8 Å². The number of nitrogens with one attached hydrogen (secondary N) is 3. The number of rotatable bonds is 9. The minimum atomic E-state index is -0.517. The molecular formula is C21H27N7O3S. The smallest absolute Gasteiger partial charge is 0.270 e. The molecule has 0 bridgehead atoms. The molecule has 10 nitrogen and oxygen atoms in total. The van der Waals surface area contributed by atoms with Crippen molar-refractivity contribution in [2.24, 2.45) is 0 Å². The Morgan fingerprint density at radius 1 is 1.28 bits per heavy atom. The van der Waals surface area contributed by atoms with E-state index in [0.29, 0.717) is 33.9 Å². The van der Waals surface area contributed by atoms with Gasteiger partial charge in [0.25, 0.3) is 11.5 Å². The fourth-order valence-corrected chi connectivity index (χ4v) is 3.79. The van der Waals surface area contributed by atoms with Crippen LogP contribution in [0.3, 0.4) is 0 Å². The van der Waals surface area contributed by atoms with E-state index >= 15 is 0 Å². The summed E-state index contributed by atoms with van der Waals surface area (Å²) in [6.07, 6.45) is 1.48. The first-order valence-electron chi connectivity index (χ1n) is 10.2. The topological polar surface area (TPSA) is 132 Å². The van der Waals surface area contributed by atoms with Crippen LogP contribution in [-0.2, 0) is 16.1 Å². The Labute approximate surface area is 189 Å². The number of aromatic nitrogens is 2. The summed E-state index contributed by atoms with van der Waals surface area (Å²) < 4.78 is 2.01. The van der Waals surface area contributed by atoms with E-state index in [2.05, 4.69) is 20.9 Å². The fourth-order valence-electron chi connectivity index (χ4n) is 2.70. The van der Waals surface area contributed by atoms with Crippen LogP contribution < -0.4 is 30.7 Å². The Balaban J connectivity index is 2.34. The van der Waals surface area contributed by atoms with Crippen LogP contribution in [0.2, 0.25) is 0 Å². The second-order valence-corrected chi connectivity index (χ2v) is 7.77. The number of likely N-dealkylation sites (N-methyl/N-ethyl adjacent to an activating group) is 1. The number of hydrogen-bond acceptors (Lipinski definition) is 8. The third-order valence-electron chi connectivity index (χ3n) is 4.44. The summed E-state index contributed by atoms with van der Waals surface area (Å²) >= 11 is 1.05.